The number of amides is 4. The molecule has 0 rings (SSSR count). The minimum Gasteiger partial charge on any atom is -0.481 e. The number of hydrogen-bond donors (Lipinski definition) is 7. The lowest BCUT2D eigenvalue weighted by Gasteiger charge is -2.22. The molecular weight excluding hydrogens is 390 g/mol. The van der Waals surface area contributed by atoms with Crippen LogP contribution in [0.2, 0.25) is 0 Å². The van der Waals surface area contributed by atoms with Gasteiger partial charge in [-0.2, -0.15) is 0 Å². The molecule has 0 saturated heterocycles. The molecule has 4 atom stereocenters. The number of carbonyl (C=O) groups excluding carboxylic acids is 4. The lowest BCUT2D eigenvalue weighted by atomic mass is 10.1. The Balaban J connectivity index is 4.93. The predicted octanol–water partition coefficient (Wildman–Crippen LogP) is -2.98. The molecule has 0 fully saturated rings. The van der Waals surface area contributed by atoms with Gasteiger partial charge in [0.25, 0.3) is 0 Å². The molecule has 9 N–H and O–H groups in total. The van der Waals surface area contributed by atoms with Crippen molar-refractivity contribution < 1.29 is 39.0 Å². The van der Waals surface area contributed by atoms with Gasteiger partial charge in [-0.15, -0.1) is 0 Å². The van der Waals surface area contributed by atoms with Gasteiger partial charge in [0.15, 0.2) is 0 Å². The van der Waals surface area contributed by atoms with Crippen LogP contribution in [0.4, 0.5) is 0 Å². The van der Waals surface area contributed by atoms with Crippen LogP contribution < -0.4 is 27.4 Å². The van der Waals surface area contributed by atoms with E-state index in [-0.39, 0.29) is 25.7 Å². The molecule has 0 aromatic rings. The van der Waals surface area contributed by atoms with Crippen molar-refractivity contribution in [2.45, 2.75) is 63.7 Å². The molecule has 13 nitrogen and oxygen atoms in total. The van der Waals surface area contributed by atoms with Crippen molar-refractivity contribution in [3.05, 3.63) is 0 Å². The minimum atomic E-state index is -1.30. The van der Waals surface area contributed by atoms with E-state index in [1.54, 1.807) is 0 Å². The number of nitrogens with one attached hydrogen (secondary N) is 3. The molecule has 0 unspecified atom stereocenters. The maximum absolute atomic E-state index is 12.3. The van der Waals surface area contributed by atoms with E-state index in [4.69, 9.17) is 21.7 Å². The zero-order chi connectivity index (χ0) is 22.7. The summed E-state index contributed by atoms with van der Waals surface area (Å²) in [5.74, 6) is -5.55. The van der Waals surface area contributed by atoms with Gasteiger partial charge in [0, 0.05) is 12.8 Å². The van der Waals surface area contributed by atoms with Gasteiger partial charge < -0.3 is 37.6 Å². The van der Waals surface area contributed by atoms with Crippen molar-refractivity contribution >= 4 is 35.6 Å². The van der Waals surface area contributed by atoms with Gasteiger partial charge in [0.2, 0.25) is 23.6 Å². The maximum atomic E-state index is 12.3. The zero-order valence-electron chi connectivity index (χ0n) is 16.1. The maximum Gasteiger partial charge on any atom is 0.325 e. The summed E-state index contributed by atoms with van der Waals surface area (Å²) in [5, 5.41) is 24.2. The van der Waals surface area contributed by atoms with Crippen LogP contribution in [0.3, 0.4) is 0 Å². The van der Waals surface area contributed by atoms with E-state index in [1.807, 2.05) is 0 Å². The van der Waals surface area contributed by atoms with Crippen molar-refractivity contribution in [3.8, 4) is 0 Å². The van der Waals surface area contributed by atoms with Crippen molar-refractivity contribution in [1.82, 2.24) is 16.0 Å². The standard InChI is InChI=1S/C16H27N5O8/c1-7(19-14(26)9(17)3-6-12(23)24)13(25)21-10(4-5-11(18)22)15(27)20-8(2)16(28)29/h7-10H,3-6,17H2,1-2H3,(H2,18,22)(H,19,26)(H,20,27)(H,21,25)(H,23,24)(H,28,29)/t7-,8-,9-,10-/m0/s1. The summed E-state index contributed by atoms with van der Waals surface area (Å²) in [6.45, 7) is 2.52. The second-order valence-corrected chi connectivity index (χ2v) is 6.40. The fourth-order valence-electron chi connectivity index (χ4n) is 2.02. The molecule has 0 aliphatic rings. The highest BCUT2D eigenvalue weighted by atomic mass is 16.4. The number of carboxylic acid groups (broad SMARTS) is 2. The summed E-state index contributed by atoms with van der Waals surface area (Å²) in [5.41, 5.74) is 10.6. The molecule has 0 aliphatic carbocycles. The fraction of sp³-hybridized carbons (Fsp3) is 0.625. The smallest absolute Gasteiger partial charge is 0.325 e. The summed E-state index contributed by atoms with van der Waals surface area (Å²) in [6.07, 6.45) is -0.892. The van der Waals surface area contributed by atoms with E-state index in [1.165, 1.54) is 13.8 Å². The van der Waals surface area contributed by atoms with Crippen molar-refractivity contribution in [1.29, 1.82) is 0 Å². The third-order valence-corrected chi connectivity index (χ3v) is 3.80. The Kier molecular flexibility index (Phi) is 10.9. The molecule has 0 aromatic carbocycles. The Morgan fingerprint density at radius 3 is 1.83 bits per heavy atom. The largest absolute Gasteiger partial charge is 0.481 e. The molecule has 0 aliphatic heterocycles. The molecule has 0 radical (unpaired) electrons. The first kappa shape index (κ1) is 25.8. The number of carboxylic acids is 2. The summed E-state index contributed by atoms with van der Waals surface area (Å²) >= 11 is 0. The van der Waals surface area contributed by atoms with Crippen LogP contribution in [0, 0.1) is 0 Å². The van der Waals surface area contributed by atoms with Crippen molar-refractivity contribution in [2.24, 2.45) is 11.5 Å². The van der Waals surface area contributed by atoms with Gasteiger partial charge in [0.1, 0.15) is 18.1 Å². The third-order valence-electron chi connectivity index (χ3n) is 3.80. The topological polar surface area (TPSA) is 231 Å². The molecule has 0 bridgehead atoms. The van der Waals surface area contributed by atoms with Gasteiger partial charge in [-0.05, 0) is 26.7 Å². The average Bonchev–Trinajstić information content (AvgIpc) is 2.61. The van der Waals surface area contributed by atoms with Crippen LogP contribution in [0.1, 0.15) is 39.5 Å². The highest BCUT2D eigenvalue weighted by molar-refractivity contribution is 5.94. The van der Waals surface area contributed by atoms with E-state index in [9.17, 15) is 28.8 Å². The van der Waals surface area contributed by atoms with E-state index < -0.39 is 59.7 Å². The summed E-state index contributed by atoms with van der Waals surface area (Å²) < 4.78 is 0. The molecule has 4 amide bonds. The van der Waals surface area contributed by atoms with Crippen molar-refractivity contribution in [2.75, 3.05) is 0 Å². The van der Waals surface area contributed by atoms with E-state index in [0.29, 0.717) is 0 Å². The van der Waals surface area contributed by atoms with Crippen molar-refractivity contribution in [3.63, 3.8) is 0 Å². The normalized spacial score (nSPS) is 14.6. The average molecular weight is 417 g/mol. The molecule has 0 aromatic heterocycles. The van der Waals surface area contributed by atoms with E-state index >= 15 is 0 Å². The quantitative estimate of drug-likeness (QED) is 0.162. The number of aliphatic carboxylic acids is 2. The Morgan fingerprint density at radius 1 is 0.793 bits per heavy atom. The fourth-order valence-corrected chi connectivity index (χ4v) is 2.02. The van der Waals surface area contributed by atoms with E-state index in [2.05, 4.69) is 16.0 Å². The lowest BCUT2D eigenvalue weighted by Crippen LogP contribution is -2.56. The van der Waals surface area contributed by atoms with Gasteiger partial charge in [0.05, 0.1) is 6.04 Å². The second-order valence-electron chi connectivity index (χ2n) is 6.40. The van der Waals surface area contributed by atoms with Gasteiger partial charge in [-0.25, -0.2) is 0 Å². The Morgan fingerprint density at radius 2 is 1.34 bits per heavy atom. The van der Waals surface area contributed by atoms with Gasteiger partial charge >= 0.3 is 11.9 Å². The SMILES string of the molecule is C[C@H](NC(=O)[C@H](CCC(N)=O)NC(=O)[C@H](C)NC(=O)[C@@H](N)CCC(=O)O)C(=O)O. The Labute approximate surface area is 166 Å². The Bertz CT molecular complexity index is 653. The summed E-state index contributed by atoms with van der Waals surface area (Å²) in [4.78, 5) is 68.7. The monoisotopic (exact) mass is 417 g/mol. The first-order chi connectivity index (χ1) is 13.3. The van der Waals surface area contributed by atoms with Crippen LogP contribution in [0.5, 0.6) is 0 Å². The first-order valence-electron chi connectivity index (χ1n) is 8.74. The van der Waals surface area contributed by atoms with Gasteiger partial charge in [-0.3, -0.25) is 28.8 Å². The zero-order valence-corrected chi connectivity index (χ0v) is 16.1. The highest BCUT2D eigenvalue weighted by Gasteiger charge is 2.27. The number of primary amides is 1. The molecule has 0 heterocycles. The van der Waals surface area contributed by atoms with Gasteiger partial charge in [-0.1, -0.05) is 0 Å². The molecule has 13 heteroatoms. The lowest BCUT2D eigenvalue weighted by molar-refractivity contribution is -0.142. The summed E-state index contributed by atoms with van der Waals surface area (Å²) in [6, 6.07) is -4.79. The van der Waals surface area contributed by atoms with Crippen LogP contribution in [-0.4, -0.2) is 69.9 Å². The Hall–Kier alpha value is -3.22. The van der Waals surface area contributed by atoms with Crippen LogP contribution in [-0.2, 0) is 28.8 Å². The molecule has 0 spiro atoms. The minimum absolute atomic E-state index is 0.133. The van der Waals surface area contributed by atoms with Crippen LogP contribution >= 0.6 is 0 Å². The number of hydrogen-bond acceptors (Lipinski definition) is 7. The predicted molar refractivity (Wildman–Crippen MR) is 98.0 cm³/mol. The summed E-state index contributed by atoms with van der Waals surface area (Å²) in [7, 11) is 0. The first-order valence-corrected chi connectivity index (χ1v) is 8.74. The molecular formula is C16H27N5O8. The third kappa shape index (κ3) is 10.6. The highest BCUT2D eigenvalue weighted by Crippen LogP contribution is 2.01. The number of nitrogens with two attached hydrogens (primary N) is 2. The number of carbonyl (C=O) groups is 6. The molecule has 29 heavy (non-hydrogen) atoms. The van der Waals surface area contributed by atoms with Crippen LogP contribution in [0.15, 0.2) is 0 Å². The van der Waals surface area contributed by atoms with Crippen LogP contribution in [0.25, 0.3) is 0 Å². The molecule has 0 saturated carbocycles. The van der Waals surface area contributed by atoms with E-state index in [0.717, 1.165) is 0 Å². The number of rotatable bonds is 13. The molecule has 164 valence electrons. The second kappa shape index (κ2) is 12.3.